The lowest BCUT2D eigenvalue weighted by Gasteiger charge is -2.36. The summed E-state index contributed by atoms with van der Waals surface area (Å²) in [6.45, 7) is 6.47. The summed E-state index contributed by atoms with van der Waals surface area (Å²) >= 11 is 1.24. The number of carboxylic acid groups (broad SMARTS) is 1. The molecule has 0 bridgehead atoms. The number of fused-ring (bicyclic) bond motifs is 2. The molecule has 0 fully saturated rings. The topological polar surface area (TPSA) is 111 Å². The number of benzene rings is 2. The van der Waals surface area contributed by atoms with Gasteiger partial charge >= 0.3 is 5.97 Å². The molecule has 2 aromatic carbocycles. The van der Waals surface area contributed by atoms with E-state index in [1.54, 1.807) is 30.6 Å². The molecule has 2 aromatic heterocycles. The maximum atomic E-state index is 12.5. The van der Waals surface area contributed by atoms with Gasteiger partial charge in [0.1, 0.15) is 0 Å². The van der Waals surface area contributed by atoms with Gasteiger partial charge in [-0.25, -0.2) is 14.8 Å². The Hall–Kier alpha value is -3.98. The number of rotatable bonds is 5. The molecule has 0 spiro atoms. The summed E-state index contributed by atoms with van der Waals surface area (Å²) in [7, 11) is 1.84. The molecule has 2 heterocycles. The molecular weight excluding hydrogens is 500 g/mol. The summed E-state index contributed by atoms with van der Waals surface area (Å²) in [5, 5.41) is 23.5. The van der Waals surface area contributed by atoms with Crippen LogP contribution in [0.15, 0.2) is 64.9 Å². The Morgan fingerprint density at radius 3 is 2.63 bits per heavy atom. The molecule has 1 atom stereocenters. The number of hydrogen-bond donors (Lipinski definition) is 1. The fourth-order valence-electron chi connectivity index (χ4n) is 4.98. The normalized spacial score (nSPS) is 16.5. The van der Waals surface area contributed by atoms with Crippen molar-refractivity contribution in [1.82, 2.24) is 14.5 Å². The molecule has 1 aliphatic rings. The van der Waals surface area contributed by atoms with Crippen molar-refractivity contribution < 1.29 is 14.8 Å². The molecule has 4 aromatic rings. The number of para-hydroxylation sites is 1. The number of nitro benzene ring substituents is 1. The molecule has 194 valence electrons. The minimum absolute atomic E-state index is 0.00606. The van der Waals surface area contributed by atoms with Gasteiger partial charge < -0.3 is 9.67 Å². The maximum Gasteiger partial charge on any atom is 0.336 e. The summed E-state index contributed by atoms with van der Waals surface area (Å²) in [6.07, 6.45) is 6.67. The highest BCUT2D eigenvalue weighted by Gasteiger charge is 2.35. The first-order valence-corrected chi connectivity index (χ1v) is 13.1. The van der Waals surface area contributed by atoms with E-state index in [1.165, 1.54) is 11.8 Å². The number of hydrogen-bond acceptors (Lipinski definition) is 6. The van der Waals surface area contributed by atoms with Crippen LogP contribution in [0.3, 0.4) is 0 Å². The molecule has 0 saturated carbocycles. The Morgan fingerprint density at radius 1 is 1.21 bits per heavy atom. The van der Waals surface area contributed by atoms with Crippen molar-refractivity contribution in [1.29, 1.82) is 0 Å². The summed E-state index contributed by atoms with van der Waals surface area (Å²) in [5.74, 6) is -0.796. The summed E-state index contributed by atoms with van der Waals surface area (Å²) in [5.41, 5.74) is 3.78. The first kappa shape index (κ1) is 25.7. The summed E-state index contributed by atoms with van der Waals surface area (Å²) in [4.78, 5) is 33.8. The van der Waals surface area contributed by atoms with Crippen LogP contribution in [0.4, 0.5) is 5.69 Å². The molecule has 0 amide bonds. The van der Waals surface area contributed by atoms with Gasteiger partial charge in [-0.05, 0) is 70.8 Å². The third-order valence-electron chi connectivity index (χ3n) is 7.15. The number of aromatic carboxylic acids is 1. The highest BCUT2D eigenvalue weighted by molar-refractivity contribution is 7.99. The van der Waals surface area contributed by atoms with Crippen molar-refractivity contribution in [3.63, 3.8) is 0 Å². The van der Waals surface area contributed by atoms with Crippen LogP contribution in [-0.4, -0.2) is 30.5 Å². The number of nitrogens with zero attached hydrogens (tertiary/aromatic N) is 4. The predicted octanol–water partition coefficient (Wildman–Crippen LogP) is 6.88. The molecule has 1 unspecified atom stereocenters. The molecule has 0 saturated heterocycles. The van der Waals surface area contributed by atoms with Crippen LogP contribution in [0.5, 0.6) is 0 Å². The van der Waals surface area contributed by atoms with E-state index in [0.717, 1.165) is 11.1 Å². The van der Waals surface area contributed by atoms with Gasteiger partial charge in [0, 0.05) is 30.9 Å². The Bertz CT molecular complexity index is 1620. The third kappa shape index (κ3) is 4.81. The number of imidazole rings is 1. The number of nitro groups is 1. The van der Waals surface area contributed by atoms with Crippen LogP contribution in [0.25, 0.3) is 22.6 Å². The van der Waals surface area contributed by atoms with Crippen LogP contribution >= 0.6 is 11.8 Å². The zero-order valence-electron chi connectivity index (χ0n) is 21.6. The number of pyridine rings is 1. The van der Waals surface area contributed by atoms with Gasteiger partial charge in [-0.2, -0.15) is 0 Å². The number of carbonyl (C=O) groups is 1. The number of aromatic nitrogens is 3. The van der Waals surface area contributed by atoms with Gasteiger partial charge in [-0.1, -0.05) is 45.0 Å². The fraction of sp³-hybridized carbons (Fsp3) is 0.276. The van der Waals surface area contributed by atoms with Gasteiger partial charge in [0.15, 0.2) is 5.16 Å². The van der Waals surface area contributed by atoms with E-state index in [4.69, 9.17) is 4.98 Å². The van der Waals surface area contributed by atoms with E-state index < -0.39 is 5.97 Å². The standard InChI is InChI=1S/C29H28N4O4S/c1-29(2,3)19-15-18(26-21(16-19)25(27(34)35)20-7-5-6-8-22(20)31-26)13-17-9-10-24(23(14-17)33(36)37)38-28-30-11-12-32(28)4/h5-14,19H,15-16H2,1-4H3,(H,34,35)/b18-13-. The van der Waals surface area contributed by atoms with Crippen molar-refractivity contribution >= 4 is 46.0 Å². The minimum atomic E-state index is -0.972. The molecule has 0 aliphatic heterocycles. The van der Waals surface area contributed by atoms with E-state index in [-0.39, 0.29) is 21.9 Å². The highest BCUT2D eigenvalue weighted by atomic mass is 32.2. The molecule has 0 radical (unpaired) electrons. The zero-order chi connectivity index (χ0) is 27.2. The van der Waals surface area contributed by atoms with Crippen molar-refractivity contribution in [2.24, 2.45) is 18.4 Å². The first-order chi connectivity index (χ1) is 18.0. The number of aryl methyl sites for hydroxylation is 1. The fourth-order valence-corrected chi connectivity index (χ4v) is 5.87. The molecular formula is C29H28N4O4S. The van der Waals surface area contributed by atoms with Gasteiger partial charge in [0.25, 0.3) is 5.69 Å². The van der Waals surface area contributed by atoms with Gasteiger partial charge in [-0.3, -0.25) is 10.1 Å². The second-order valence-corrected chi connectivity index (χ2v) is 11.7. The number of allylic oxidation sites excluding steroid dienone is 1. The number of carboxylic acids is 1. The van der Waals surface area contributed by atoms with Gasteiger partial charge in [0.2, 0.25) is 0 Å². The van der Waals surface area contributed by atoms with Crippen molar-refractivity contribution in [2.45, 2.75) is 43.7 Å². The highest BCUT2D eigenvalue weighted by Crippen LogP contribution is 2.45. The van der Waals surface area contributed by atoms with Crippen molar-refractivity contribution in [3.8, 4) is 0 Å². The van der Waals surface area contributed by atoms with Crippen molar-refractivity contribution in [2.75, 3.05) is 0 Å². The lowest BCUT2D eigenvalue weighted by atomic mass is 9.69. The molecule has 1 aliphatic carbocycles. The van der Waals surface area contributed by atoms with Crippen LogP contribution in [0, 0.1) is 21.4 Å². The zero-order valence-corrected chi connectivity index (χ0v) is 22.5. The van der Waals surface area contributed by atoms with E-state index in [9.17, 15) is 20.0 Å². The third-order valence-corrected chi connectivity index (χ3v) is 8.29. The average Bonchev–Trinajstić information content (AvgIpc) is 3.26. The van der Waals surface area contributed by atoms with Crippen LogP contribution in [0.1, 0.15) is 54.4 Å². The Labute approximate surface area is 224 Å². The molecule has 38 heavy (non-hydrogen) atoms. The smallest absolute Gasteiger partial charge is 0.336 e. The largest absolute Gasteiger partial charge is 0.478 e. The van der Waals surface area contributed by atoms with Gasteiger partial charge in [-0.15, -0.1) is 0 Å². The second kappa shape index (κ2) is 9.72. The van der Waals surface area contributed by atoms with E-state index in [2.05, 4.69) is 25.8 Å². The van der Waals surface area contributed by atoms with Crippen molar-refractivity contribution in [3.05, 3.63) is 87.4 Å². The van der Waals surface area contributed by atoms with Gasteiger partial charge in [0.05, 0.1) is 26.6 Å². The predicted molar refractivity (Wildman–Crippen MR) is 148 cm³/mol. The lowest BCUT2D eigenvalue weighted by Crippen LogP contribution is -2.28. The first-order valence-electron chi connectivity index (χ1n) is 12.3. The maximum absolute atomic E-state index is 12.5. The average molecular weight is 529 g/mol. The van der Waals surface area contributed by atoms with E-state index in [1.807, 2.05) is 42.0 Å². The Morgan fingerprint density at radius 2 is 1.97 bits per heavy atom. The minimum Gasteiger partial charge on any atom is -0.478 e. The SMILES string of the molecule is Cn1ccnc1Sc1ccc(/C=C2/CC(C(C)(C)C)Cc3c2nc2ccccc2c3C(=O)O)cc1[N+](=O)[O-]. The monoisotopic (exact) mass is 528 g/mol. The van der Waals surface area contributed by atoms with Crippen LogP contribution in [-0.2, 0) is 13.5 Å². The van der Waals surface area contributed by atoms with E-state index in [0.29, 0.717) is 50.6 Å². The Balaban J connectivity index is 1.67. The van der Waals surface area contributed by atoms with E-state index >= 15 is 0 Å². The molecule has 5 rings (SSSR count). The van der Waals surface area contributed by atoms with Crippen LogP contribution in [0.2, 0.25) is 0 Å². The second-order valence-electron chi connectivity index (χ2n) is 10.7. The quantitative estimate of drug-likeness (QED) is 0.222. The van der Waals surface area contributed by atoms with Crippen LogP contribution < -0.4 is 0 Å². The molecule has 9 heteroatoms. The molecule has 8 nitrogen and oxygen atoms in total. The summed E-state index contributed by atoms with van der Waals surface area (Å²) in [6, 6.07) is 12.5. The molecule has 1 N–H and O–H groups in total. The Kier molecular flexibility index (Phi) is 6.56. The lowest BCUT2D eigenvalue weighted by molar-refractivity contribution is -0.387. The summed E-state index contributed by atoms with van der Waals surface area (Å²) < 4.78 is 1.81.